The second-order valence-corrected chi connectivity index (χ2v) is 8.66. The minimum absolute atomic E-state index is 0.0310. The van der Waals surface area contributed by atoms with E-state index in [0.29, 0.717) is 52.0 Å². The molecule has 3 aromatic rings. The highest BCUT2D eigenvalue weighted by Crippen LogP contribution is 2.36. The highest BCUT2D eigenvalue weighted by molar-refractivity contribution is 7.15. The van der Waals surface area contributed by atoms with Crippen LogP contribution < -0.4 is 25.4 Å². The van der Waals surface area contributed by atoms with Crippen LogP contribution in [0.1, 0.15) is 16.1 Å². The molecule has 3 N–H and O–H groups in total. The van der Waals surface area contributed by atoms with Crippen LogP contribution in [0.25, 0.3) is 0 Å². The number of carbonyl (C=O) groups is 1. The summed E-state index contributed by atoms with van der Waals surface area (Å²) in [4.78, 5) is 11.9. The lowest BCUT2D eigenvalue weighted by atomic mass is 10.2. The average molecular weight is 520 g/mol. The van der Waals surface area contributed by atoms with E-state index in [0.717, 1.165) is 17.1 Å². The number of benzene rings is 2. The largest absolute Gasteiger partial charge is 0.493 e. The molecule has 0 aliphatic carbocycles. The smallest absolute Gasteiger partial charge is 0.247 e. The first-order valence-corrected chi connectivity index (χ1v) is 11.8. The Kier molecular flexibility index (Phi) is 10.1. The zero-order valence-corrected chi connectivity index (χ0v) is 20.9. The van der Waals surface area contributed by atoms with Crippen molar-refractivity contribution in [2.75, 3.05) is 39.3 Å². The Labute approximate surface area is 212 Å². The predicted molar refractivity (Wildman–Crippen MR) is 135 cm³/mol. The third kappa shape index (κ3) is 8.71. The van der Waals surface area contributed by atoms with Crippen LogP contribution in [0.15, 0.2) is 41.5 Å². The first-order valence-electron chi connectivity index (χ1n) is 10.6. The lowest BCUT2D eigenvalue weighted by Crippen LogP contribution is -2.19. The Morgan fingerprint density at radius 1 is 1.14 bits per heavy atom. The molecular weight excluding hydrogens is 494 g/mol. The SMILES string of the molecule is COc1cc(C=NNC(=O)Cc2nnc(N)s2)cc(Cl)c1OCCOCCOc1ccc(C)cc1. The molecule has 0 aliphatic heterocycles. The maximum absolute atomic E-state index is 11.9. The molecule has 0 aliphatic rings. The summed E-state index contributed by atoms with van der Waals surface area (Å²) < 4.78 is 22.3. The number of amides is 1. The molecule has 0 bridgehead atoms. The number of nitrogens with one attached hydrogen (secondary N) is 1. The molecule has 12 heteroatoms. The van der Waals surface area contributed by atoms with Crippen molar-refractivity contribution in [3.8, 4) is 17.2 Å². The normalized spacial score (nSPS) is 10.9. The van der Waals surface area contributed by atoms with Crippen molar-refractivity contribution in [3.05, 3.63) is 57.6 Å². The molecule has 0 unspecified atom stereocenters. The molecule has 186 valence electrons. The molecule has 0 fully saturated rings. The lowest BCUT2D eigenvalue weighted by Gasteiger charge is -2.13. The van der Waals surface area contributed by atoms with Crippen molar-refractivity contribution >= 4 is 40.2 Å². The second kappa shape index (κ2) is 13.5. The maximum atomic E-state index is 11.9. The Hall–Kier alpha value is -3.41. The van der Waals surface area contributed by atoms with Gasteiger partial charge in [-0.05, 0) is 36.8 Å². The van der Waals surface area contributed by atoms with Crippen LogP contribution in [0, 0.1) is 6.92 Å². The van der Waals surface area contributed by atoms with Gasteiger partial charge in [0, 0.05) is 0 Å². The Morgan fingerprint density at radius 2 is 1.89 bits per heavy atom. The number of hydrogen-bond acceptors (Lipinski definition) is 10. The van der Waals surface area contributed by atoms with Gasteiger partial charge in [-0.2, -0.15) is 5.10 Å². The summed E-state index contributed by atoms with van der Waals surface area (Å²) in [6.45, 7) is 3.52. The van der Waals surface area contributed by atoms with Crippen LogP contribution in [0.3, 0.4) is 0 Å². The molecule has 0 saturated heterocycles. The highest BCUT2D eigenvalue weighted by atomic mass is 35.5. The van der Waals surface area contributed by atoms with Crippen molar-refractivity contribution in [2.45, 2.75) is 13.3 Å². The van der Waals surface area contributed by atoms with E-state index in [1.165, 1.54) is 18.9 Å². The number of nitrogens with zero attached hydrogens (tertiary/aromatic N) is 3. The lowest BCUT2D eigenvalue weighted by molar-refractivity contribution is -0.120. The minimum atomic E-state index is -0.348. The van der Waals surface area contributed by atoms with Crippen LogP contribution in [-0.2, 0) is 16.0 Å². The fourth-order valence-electron chi connectivity index (χ4n) is 2.81. The summed E-state index contributed by atoms with van der Waals surface area (Å²) in [5.74, 6) is 1.28. The number of ether oxygens (including phenoxy) is 4. The van der Waals surface area contributed by atoms with Crippen molar-refractivity contribution in [1.82, 2.24) is 15.6 Å². The van der Waals surface area contributed by atoms with Crippen LogP contribution in [0.2, 0.25) is 5.02 Å². The molecule has 2 aromatic carbocycles. The summed E-state index contributed by atoms with van der Waals surface area (Å²) in [6, 6.07) is 11.2. The summed E-state index contributed by atoms with van der Waals surface area (Å²) in [7, 11) is 1.51. The van der Waals surface area contributed by atoms with E-state index < -0.39 is 0 Å². The fourth-order valence-corrected chi connectivity index (χ4v) is 3.69. The highest BCUT2D eigenvalue weighted by Gasteiger charge is 2.12. The van der Waals surface area contributed by atoms with Crippen molar-refractivity contribution in [2.24, 2.45) is 5.10 Å². The van der Waals surface area contributed by atoms with Crippen LogP contribution in [0.4, 0.5) is 5.13 Å². The molecule has 0 atom stereocenters. The van der Waals surface area contributed by atoms with Gasteiger partial charge in [-0.1, -0.05) is 40.6 Å². The third-order valence-electron chi connectivity index (χ3n) is 4.44. The topological polar surface area (TPSA) is 130 Å². The van der Waals surface area contributed by atoms with E-state index in [1.807, 2.05) is 31.2 Å². The average Bonchev–Trinajstić information content (AvgIpc) is 3.24. The van der Waals surface area contributed by atoms with Gasteiger partial charge in [-0.25, -0.2) is 5.43 Å². The quantitative estimate of drug-likeness (QED) is 0.200. The van der Waals surface area contributed by atoms with Crippen molar-refractivity contribution in [1.29, 1.82) is 0 Å². The number of aryl methyl sites for hydroxylation is 1. The summed E-state index contributed by atoms with van der Waals surface area (Å²) in [5.41, 5.74) is 9.72. The number of carbonyl (C=O) groups excluding carboxylic acids is 1. The number of rotatable bonds is 13. The summed E-state index contributed by atoms with van der Waals surface area (Å²) in [6.07, 6.45) is 1.48. The first kappa shape index (κ1) is 26.2. The molecule has 1 heterocycles. The van der Waals surface area contributed by atoms with Gasteiger partial charge in [0.1, 0.15) is 24.0 Å². The van der Waals surface area contributed by atoms with E-state index >= 15 is 0 Å². The van der Waals surface area contributed by atoms with Gasteiger partial charge in [0.25, 0.3) is 0 Å². The minimum Gasteiger partial charge on any atom is -0.493 e. The monoisotopic (exact) mass is 519 g/mol. The number of anilines is 1. The van der Waals surface area contributed by atoms with Crippen molar-refractivity contribution < 1.29 is 23.7 Å². The second-order valence-electron chi connectivity index (χ2n) is 7.16. The standard InChI is InChI=1S/C23H26ClN5O5S/c1-15-3-5-17(6-4-15)33-9-7-32-8-10-34-22-18(24)11-16(12-19(22)31-2)14-26-27-20(30)13-21-28-29-23(25)35-21/h3-6,11-12,14H,7-10,13H2,1-2H3,(H2,25,29)(H,27,30). The number of aromatic nitrogens is 2. The van der Waals surface area contributed by atoms with Crippen LogP contribution >= 0.6 is 22.9 Å². The van der Waals surface area contributed by atoms with Crippen LogP contribution in [-0.4, -0.2) is 55.9 Å². The third-order valence-corrected chi connectivity index (χ3v) is 5.47. The molecule has 0 saturated carbocycles. The van der Waals surface area contributed by atoms with E-state index in [1.54, 1.807) is 12.1 Å². The molecule has 1 amide bonds. The van der Waals surface area contributed by atoms with E-state index in [-0.39, 0.29) is 18.9 Å². The van der Waals surface area contributed by atoms with E-state index in [9.17, 15) is 4.79 Å². The van der Waals surface area contributed by atoms with E-state index in [4.69, 9.17) is 36.3 Å². The Morgan fingerprint density at radius 3 is 2.57 bits per heavy atom. The van der Waals surface area contributed by atoms with Gasteiger partial charge in [-0.3, -0.25) is 4.79 Å². The number of methoxy groups -OCH3 is 1. The van der Waals surface area contributed by atoms with Gasteiger partial charge in [0.2, 0.25) is 11.0 Å². The Bertz CT molecular complexity index is 1140. The number of hydrazone groups is 1. The maximum Gasteiger partial charge on any atom is 0.247 e. The van der Waals surface area contributed by atoms with Gasteiger partial charge in [0.15, 0.2) is 11.5 Å². The molecule has 1 aromatic heterocycles. The van der Waals surface area contributed by atoms with Crippen molar-refractivity contribution in [3.63, 3.8) is 0 Å². The number of hydrogen-bond donors (Lipinski definition) is 2. The number of halogens is 1. The zero-order chi connectivity index (χ0) is 25.0. The number of nitrogens with two attached hydrogens (primary N) is 1. The molecule has 35 heavy (non-hydrogen) atoms. The number of nitrogen functional groups attached to an aromatic ring is 1. The Balaban J connectivity index is 1.41. The van der Waals surface area contributed by atoms with Gasteiger partial charge in [0.05, 0.1) is 38.0 Å². The predicted octanol–water partition coefficient (Wildman–Crippen LogP) is 3.26. The molecule has 0 radical (unpaired) electrons. The molecule has 0 spiro atoms. The van der Waals surface area contributed by atoms with E-state index in [2.05, 4.69) is 20.7 Å². The summed E-state index contributed by atoms with van der Waals surface area (Å²) >= 11 is 7.51. The molecule has 10 nitrogen and oxygen atoms in total. The van der Waals surface area contributed by atoms with Gasteiger partial charge < -0.3 is 24.7 Å². The fraction of sp³-hybridized carbons (Fsp3) is 0.304. The molecular formula is C23H26ClN5O5S. The van der Waals surface area contributed by atoms with Gasteiger partial charge in [-0.15, -0.1) is 10.2 Å². The van der Waals surface area contributed by atoms with Crippen LogP contribution in [0.5, 0.6) is 17.2 Å². The zero-order valence-electron chi connectivity index (χ0n) is 19.3. The summed E-state index contributed by atoms with van der Waals surface area (Å²) in [5, 5.41) is 12.5. The first-order chi connectivity index (χ1) is 16.9. The molecule has 3 rings (SSSR count). The van der Waals surface area contributed by atoms with Gasteiger partial charge >= 0.3 is 0 Å².